The maximum Gasteiger partial charge on any atom is 0.303 e. The van der Waals surface area contributed by atoms with E-state index in [1.165, 1.54) is 37.3 Å². The quantitative estimate of drug-likeness (QED) is 0.550. The van der Waals surface area contributed by atoms with Gasteiger partial charge < -0.3 is 9.53 Å². The second-order valence-corrected chi connectivity index (χ2v) is 8.51. The van der Waals surface area contributed by atoms with Crippen molar-refractivity contribution in [2.45, 2.75) is 86.2 Å². The summed E-state index contributed by atoms with van der Waals surface area (Å²) in [6.07, 6.45) is 5.82. The SMILES string of the molecule is CC(=O)CCC1=C(C)[C@@H](OC(C)=O)C[C@H]2C(C)(C)CCC[C@]12C. The molecule has 23 heavy (non-hydrogen) atoms. The number of ether oxygens (including phenoxy) is 1. The lowest BCUT2D eigenvalue weighted by Gasteiger charge is -2.56. The third-order valence-corrected chi connectivity index (χ3v) is 6.36. The number of Topliss-reactive ketones (excluding diaryl/α,β-unsaturated/α-hetero) is 1. The van der Waals surface area contributed by atoms with Gasteiger partial charge in [0.25, 0.3) is 0 Å². The molecule has 0 spiro atoms. The summed E-state index contributed by atoms with van der Waals surface area (Å²) in [6, 6.07) is 0. The highest BCUT2D eigenvalue weighted by Gasteiger charge is 2.52. The van der Waals surface area contributed by atoms with Gasteiger partial charge in [-0.1, -0.05) is 32.8 Å². The lowest BCUT2D eigenvalue weighted by molar-refractivity contribution is -0.148. The largest absolute Gasteiger partial charge is 0.458 e. The van der Waals surface area contributed by atoms with Gasteiger partial charge in [-0.25, -0.2) is 0 Å². The Hall–Kier alpha value is -1.12. The molecular weight excluding hydrogens is 288 g/mol. The highest BCUT2D eigenvalue weighted by molar-refractivity contribution is 5.75. The minimum absolute atomic E-state index is 0.120. The minimum atomic E-state index is -0.211. The first-order chi connectivity index (χ1) is 10.6. The molecule has 0 aromatic carbocycles. The van der Waals surface area contributed by atoms with Gasteiger partial charge in [0.15, 0.2) is 0 Å². The van der Waals surface area contributed by atoms with Crippen LogP contribution < -0.4 is 0 Å². The average molecular weight is 320 g/mol. The van der Waals surface area contributed by atoms with Gasteiger partial charge in [-0.2, -0.15) is 0 Å². The zero-order valence-corrected chi connectivity index (χ0v) is 15.6. The Labute approximate surface area is 140 Å². The van der Waals surface area contributed by atoms with Crippen molar-refractivity contribution in [3.05, 3.63) is 11.1 Å². The summed E-state index contributed by atoms with van der Waals surface area (Å²) in [5.74, 6) is 0.520. The zero-order valence-electron chi connectivity index (χ0n) is 15.6. The first-order valence-corrected chi connectivity index (χ1v) is 8.94. The van der Waals surface area contributed by atoms with Gasteiger partial charge in [0.2, 0.25) is 0 Å². The summed E-state index contributed by atoms with van der Waals surface area (Å²) in [5, 5.41) is 0. The van der Waals surface area contributed by atoms with Crippen LogP contribution in [-0.4, -0.2) is 17.9 Å². The van der Waals surface area contributed by atoms with Crippen LogP contribution in [0.5, 0.6) is 0 Å². The van der Waals surface area contributed by atoms with Crippen molar-refractivity contribution in [2.75, 3.05) is 0 Å². The fourth-order valence-electron chi connectivity index (χ4n) is 5.22. The van der Waals surface area contributed by atoms with Crippen molar-refractivity contribution in [2.24, 2.45) is 16.7 Å². The van der Waals surface area contributed by atoms with E-state index >= 15 is 0 Å². The van der Waals surface area contributed by atoms with Crippen molar-refractivity contribution >= 4 is 11.8 Å². The molecule has 0 aromatic heterocycles. The molecule has 1 saturated carbocycles. The summed E-state index contributed by atoms with van der Waals surface area (Å²) >= 11 is 0. The van der Waals surface area contributed by atoms with E-state index in [1.807, 2.05) is 0 Å². The van der Waals surface area contributed by atoms with Crippen LogP contribution in [0.3, 0.4) is 0 Å². The van der Waals surface area contributed by atoms with Crippen LogP contribution in [0.2, 0.25) is 0 Å². The van der Waals surface area contributed by atoms with Crippen LogP contribution >= 0.6 is 0 Å². The summed E-state index contributed by atoms with van der Waals surface area (Å²) in [6.45, 7) is 12.3. The number of fused-ring (bicyclic) bond motifs is 1. The monoisotopic (exact) mass is 320 g/mol. The molecule has 2 aliphatic rings. The zero-order chi connectivity index (χ0) is 17.4. The molecule has 130 valence electrons. The predicted octanol–water partition coefficient (Wildman–Crippen LogP) is 4.84. The van der Waals surface area contributed by atoms with Gasteiger partial charge >= 0.3 is 5.97 Å². The van der Waals surface area contributed by atoms with E-state index in [1.54, 1.807) is 6.92 Å². The van der Waals surface area contributed by atoms with E-state index in [9.17, 15) is 9.59 Å². The maximum atomic E-state index is 11.5. The van der Waals surface area contributed by atoms with Crippen LogP contribution in [-0.2, 0) is 14.3 Å². The van der Waals surface area contributed by atoms with Gasteiger partial charge in [0, 0.05) is 13.3 Å². The summed E-state index contributed by atoms with van der Waals surface area (Å²) in [5.41, 5.74) is 2.95. The number of allylic oxidation sites excluding steroid dienone is 1. The predicted molar refractivity (Wildman–Crippen MR) is 92.0 cm³/mol. The molecule has 0 bridgehead atoms. The number of carbonyl (C=O) groups excluding carboxylic acids is 2. The molecule has 0 N–H and O–H groups in total. The molecular formula is C20H32O3. The number of esters is 1. The fourth-order valence-corrected chi connectivity index (χ4v) is 5.22. The molecule has 0 saturated heterocycles. The second-order valence-electron chi connectivity index (χ2n) is 8.51. The van der Waals surface area contributed by atoms with Crippen molar-refractivity contribution < 1.29 is 14.3 Å². The van der Waals surface area contributed by atoms with Crippen molar-refractivity contribution in [3.8, 4) is 0 Å². The van der Waals surface area contributed by atoms with Gasteiger partial charge in [0.1, 0.15) is 11.9 Å². The van der Waals surface area contributed by atoms with Gasteiger partial charge in [0.05, 0.1) is 0 Å². The van der Waals surface area contributed by atoms with Gasteiger partial charge in [-0.05, 0) is 61.9 Å². The van der Waals surface area contributed by atoms with E-state index < -0.39 is 0 Å². The third-order valence-electron chi connectivity index (χ3n) is 6.36. The van der Waals surface area contributed by atoms with Crippen LogP contribution in [0.1, 0.15) is 80.1 Å². The molecule has 3 nitrogen and oxygen atoms in total. The molecule has 2 rings (SSSR count). The summed E-state index contributed by atoms with van der Waals surface area (Å²) < 4.78 is 5.65. The fraction of sp³-hybridized carbons (Fsp3) is 0.800. The highest BCUT2D eigenvalue weighted by atomic mass is 16.5. The molecule has 3 atom stereocenters. The number of ketones is 1. The Bertz CT molecular complexity index is 529. The van der Waals surface area contributed by atoms with Crippen molar-refractivity contribution in [3.63, 3.8) is 0 Å². The topological polar surface area (TPSA) is 43.4 Å². The molecule has 0 aromatic rings. The van der Waals surface area contributed by atoms with Crippen LogP contribution in [0.15, 0.2) is 11.1 Å². The van der Waals surface area contributed by atoms with E-state index in [-0.39, 0.29) is 28.7 Å². The lowest BCUT2D eigenvalue weighted by atomic mass is 9.49. The lowest BCUT2D eigenvalue weighted by Crippen LogP contribution is -2.49. The van der Waals surface area contributed by atoms with Crippen LogP contribution in [0, 0.1) is 16.7 Å². The number of rotatable bonds is 4. The first-order valence-electron chi connectivity index (χ1n) is 8.94. The van der Waals surface area contributed by atoms with E-state index in [2.05, 4.69) is 27.7 Å². The second kappa shape index (κ2) is 6.41. The van der Waals surface area contributed by atoms with Gasteiger partial charge in [-0.15, -0.1) is 0 Å². The Balaban J connectivity index is 2.44. The average Bonchev–Trinajstić information content (AvgIpc) is 2.39. The van der Waals surface area contributed by atoms with Crippen molar-refractivity contribution in [1.29, 1.82) is 0 Å². The molecule has 0 heterocycles. The normalized spacial score (nSPS) is 33.1. The Kier molecular flexibility index (Phi) is 5.08. The van der Waals surface area contributed by atoms with E-state index in [4.69, 9.17) is 4.74 Å². The van der Waals surface area contributed by atoms with E-state index in [0.29, 0.717) is 12.3 Å². The Morgan fingerprint density at radius 2 is 1.83 bits per heavy atom. The third kappa shape index (κ3) is 3.54. The number of hydrogen-bond donors (Lipinski definition) is 0. The summed E-state index contributed by atoms with van der Waals surface area (Å²) in [4.78, 5) is 23.1. The smallest absolute Gasteiger partial charge is 0.303 e. The molecule has 2 aliphatic carbocycles. The molecule has 1 fully saturated rings. The first kappa shape index (κ1) is 18.2. The maximum absolute atomic E-state index is 11.5. The molecule has 0 aliphatic heterocycles. The molecule has 0 unspecified atom stereocenters. The van der Waals surface area contributed by atoms with Gasteiger partial charge in [-0.3, -0.25) is 4.79 Å². The molecule has 0 radical (unpaired) electrons. The summed E-state index contributed by atoms with van der Waals surface area (Å²) in [7, 11) is 0. The van der Waals surface area contributed by atoms with E-state index in [0.717, 1.165) is 12.8 Å². The molecule has 0 amide bonds. The number of hydrogen-bond acceptors (Lipinski definition) is 3. The highest BCUT2D eigenvalue weighted by Crippen LogP contribution is 2.60. The van der Waals surface area contributed by atoms with Crippen LogP contribution in [0.25, 0.3) is 0 Å². The number of carbonyl (C=O) groups is 2. The minimum Gasteiger partial charge on any atom is -0.458 e. The Morgan fingerprint density at radius 1 is 1.17 bits per heavy atom. The molecule has 3 heteroatoms. The Morgan fingerprint density at radius 3 is 2.39 bits per heavy atom. The van der Waals surface area contributed by atoms with Crippen LogP contribution in [0.4, 0.5) is 0 Å². The van der Waals surface area contributed by atoms with Crippen molar-refractivity contribution in [1.82, 2.24) is 0 Å². The standard InChI is InChI=1S/C20H32O3/c1-13(21)8-9-16-14(2)17(23-15(3)22)12-18-19(4,5)10-7-11-20(16,18)6/h17-18H,7-12H2,1-6H3/t17-,18-,20+/m0/s1.